The number of rotatable bonds is 2. The molecule has 1 aliphatic heterocycles. The lowest BCUT2D eigenvalue weighted by Crippen LogP contribution is -2.13. The van der Waals surface area contributed by atoms with Crippen molar-refractivity contribution in [3.63, 3.8) is 0 Å². The summed E-state index contributed by atoms with van der Waals surface area (Å²) in [6, 6.07) is 8.98. The van der Waals surface area contributed by atoms with Crippen LogP contribution < -0.4 is 5.32 Å². The zero-order chi connectivity index (χ0) is 9.97. The van der Waals surface area contributed by atoms with Gasteiger partial charge in [0, 0.05) is 11.8 Å². The smallest absolute Gasteiger partial charge is 0.0792 e. The van der Waals surface area contributed by atoms with Crippen LogP contribution in [0.2, 0.25) is 0 Å². The van der Waals surface area contributed by atoms with E-state index in [4.69, 9.17) is 0 Å². The van der Waals surface area contributed by atoms with E-state index in [1.165, 1.54) is 11.1 Å². The Balaban J connectivity index is 2.09. The normalized spacial score (nSPS) is 26.7. The fraction of sp³-hybridized carbons (Fsp3) is 0.500. The highest BCUT2D eigenvalue weighted by molar-refractivity contribution is 8.00. The molecule has 1 heterocycles. The van der Waals surface area contributed by atoms with Crippen LogP contribution in [0.5, 0.6) is 0 Å². The third kappa shape index (κ3) is 2.12. The van der Waals surface area contributed by atoms with E-state index in [-0.39, 0.29) is 0 Å². The minimum atomic E-state index is 0.510. The van der Waals surface area contributed by atoms with E-state index >= 15 is 0 Å². The summed E-state index contributed by atoms with van der Waals surface area (Å²) in [5, 5.41) is 4.77. The number of benzene rings is 1. The standard InChI is InChI=1S/C12H17NS/c1-3-10-4-6-11(7-5-10)12-13-8-9(2)14-12/h4-7,9,12-13H,3,8H2,1-2H3. The molecule has 2 rings (SSSR count). The molecule has 0 saturated carbocycles. The summed E-state index contributed by atoms with van der Waals surface area (Å²) in [5.74, 6) is 0. The molecule has 0 radical (unpaired) electrons. The molecule has 0 spiro atoms. The fourth-order valence-electron chi connectivity index (χ4n) is 1.73. The van der Waals surface area contributed by atoms with Gasteiger partial charge >= 0.3 is 0 Å². The number of hydrogen-bond donors (Lipinski definition) is 1. The monoisotopic (exact) mass is 207 g/mol. The first kappa shape index (κ1) is 10.1. The summed E-state index contributed by atoms with van der Waals surface area (Å²) in [5.41, 5.74) is 2.83. The first-order chi connectivity index (χ1) is 6.79. The number of hydrogen-bond acceptors (Lipinski definition) is 2. The van der Waals surface area contributed by atoms with Crippen LogP contribution in [0, 0.1) is 0 Å². The summed E-state index contributed by atoms with van der Waals surface area (Å²) in [4.78, 5) is 0. The molecular weight excluding hydrogens is 190 g/mol. The second kappa shape index (κ2) is 4.37. The van der Waals surface area contributed by atoms with Crippen LogP contribution in [-0.2, 0) is 6.42 Å². The van der Waals surface area contributed by atoms with Crippen LogP contribution in [0.15, 0.2) is 24.3 Å². The van der Waals surface area contributed by atoms with Crippen LogP contribution in [-0.4, -0.2) is 11.8 Å². The third-order valence-electron chi connectivity index (χ3n) is 2.65. The maximum atomic E-state index is 3.52. The lowest BCUT2D eigenvalue weighted by molar-refractivity contribution is 0.717. The molecule has 1 aromatic rings. The van der Waals surface area contributed by atoms with Crippen LogP contribution in [0.25, 0.3) is 0 Å². The summed E-state index contributed by atoms with van der Waals surface area (Å²) < 4.78 is 0. The molecule has 2 heteroatoms. The summed E-state index contributed by atoms with van der Waals surface area (Å²) in [7, 11) is 0. The van der Waals surface area contributed by atoms with Crippen LogP contribution in [0.1, 0.15) is 30.3 Å². The zero-order valence-corrected chi connectivity index (χ0v) is 9.60. The molecule has 1 aliphatic rings. The van der Waals surface area contributed by atoms with Gasteiger partial charge in [-0.1, -0.05) is 38.1 Å². The van der Waals surface area contributed by atoms with E-state index in [1.807, 2.05) is 11.8 Å². The first-order valence-corrected chi connectivity index (χ1v) is 6.21. The van der Waals surface area contributed by atoms with E-state index in [1.54, 1.807) is 0 Å². The maximum absolute atomic E-state index is 3.52. The van der Waals surface area contributed by atoms with Gasteiger partial charge in [0.15, 0.2) is 0 Å². The van der Waals surface area contributed by atoms with Crippen molar-refractivity contribution in [1.82, 2.24) is 5.32 Å². The molecule has 0 bridgehead atoms. The quantitative estimate of drug-likeness (QED) is 0.800. The van der Waals surface area contributed by atoms with Crippen LogP contribution >= 0.6 is 11.8 Å². The van der Waals surface area contributed by atoms with Crippen molar-refractivity contribution in [2.45, 2.75) is 30.9 Å². The summed E-state index contributed by atoms with van der Waals surface area (Å²) >= 11 is 2.02. The van der Waals surface area contributed by atoms with Crippen molar-refractivity contribution in [1.29, 1.82) is 0 Å². The van der Waals surface area contributed by atoms with Crippen molar-refractivity contribution >= 4 is 11.8 Å². The van der Waals surface area contributed by atoms with Gasteiger partial charge in [-0.3, -0.25) is 0 Å². The molecule has 1 saturated heterocycles. The average Bonchev–Trinajstić information content (AvgIpc) is 2.65. The molecule has 1 fully saturated rings. The Bertz CT molecular complexity index is 294. The van der Waals surface area contributed by atoms with Gasteiger partial charge in [0.1, 0.15) is 0 Å². The van der Waals surface area contributed by atoms with Gasteiger partial charge in [-0.05, 0) is 17.5 Å². The summed E-state index contributed by atoms with van der Waals surface area (Å²) in [6.07, 6.45) is 1.13. The highest BCUT2D eigenvalue weighted by atomic mass is 32.2. The van der Waals surface area contributed by atoms with Gasteiger partial charge in [0.25, 0.3) is 0 Å². The minimum Gasteiger partial charge on any atom is -0.301 e. The van der Waals surface area contributed by atoms with Gasteiger partial charge in [0.2, 0.25) is 0 Å². The van der Waals surface area contributed by atoms with E-state index in [9.17, 15) is 0 Å². The summed E-state index contributed by atoms with van der Waals surface area (Å²) in [6.45, 7) is 5.60. The topological polar surface area (TPSA) is 12.0 Å². The van der Waals surface area contributed by atoms with E-state index in [0.29, 0.717) is 5.37 Å². The lowest BCUT2D eigenvalue weighted by atomic mass is 10.1. The Hall–Kier alpha value is -0.470. The molecule has 0 aliphatic carbocycles. The number of thioether (sulfide) groups is 1. The molecule has 2 unspecified atom stereocenters. The van der Waals surface area contributed by atoms with Gasteiger partial charge in [-0.15, -0.1) is 11.8 Å². The van der Waals surface area contributed by atoms with Crippen LogP contribution in [0.4, 0.5) is 0 Å². The molecule has 1 N–H and O–H groups in total. The Morgan fingerprint density at radius 3 is 2.57 bits per heavy atom. The fourth-order valence-corrected chi connectivity index (χ4v) is 2.89. The number of aryl methyl sites for hydroxylation is 1. The van der Waals surface area contributed by atoms with E-state index < -0.39 is 0 Å². The molecule has 0 aromatic heterocycles. The molecule has 1 nitrogen and oxygen atoms in total. The third-order valence-corrected chi connectivity index (χ3v) is 3.99. The Morgan fingerprint density at radius 1 is 1.36 bits per heavy atom. The Kier molecular flexibility index (Phi) is 3.14. The largest absolute Gasteiger partial charge is 0.301 e. The Morgan fingerprint density at radius 2 is 2.07 bits per heavy atom. The predicted octanol–water partition coefficient (Wildman–Crippen LogP) is 2.97. The van der Waals surface area contributed by atoms with Crippen molar-refractivity contribution in [2.75, 3.05) is 6.54 Å². The van der Waals surface area contributed by atoms with E-state index in [2.05, 4.69) is 43.4 Å². The molecule has 2 atom stereocenters. The SMILES string of the molecule is CCc1ccc(C2NCC(C)S2)cc1. The average molecular weight is 207 g/mol. The van der Waals surface area contributed by atoms with Crippen molar-refractivity contribution in [2.24, 2.45) is 0 Å². The molecule has 14 heavy (non-hydrogen) atoms. The predicted molar refractivity (Wildman–Crippen MR) is 63.6 cm³/mol. The maximum Gasteiger partial charge on any atom is 0.0792 e. The lowest BCUT2D eigenvalue weighted by Gasteiger charge is -2.10. The number of nitrogens with one attached hydrogen (secondary N) is 1. The highest BCUT2D eigenvalue weighted by Gasteiger charge is 2.21. The van der Waals surface area contributed by atoms with Crippen LogP contribution in [0.3, 0.4) is 0 Å². The second-order valence-electron chi connectivity index (χ2n) is 3.83. The van der Waals surface area contributed by atoms with Gasteiger partial charge < -0.3 is 5.32 Å². The molecule has 0 amide bonds. The first-order valence-electron chi connectivity index (χ1n) is 5.27. The second-order valence-corrected chi connectivity index (χ2v) is 5.38. The van der Waals surface area contributed by atoms with Crippen molar-refractivity contribution < 1.29 is 0 Å². The van der Waals surface area contributed by atoms with Gasteiger partial charge in [-0.2, -0.15) is 0 Å². The van der Waals surface area contributed by atoms with E-state index in [0.717, 1.165) is 18.2 Å². The zero-order valence-electron chi connectivity index (χ0n) is 8.79. The molecular formula is C12H17NS. The van der Waals surface area contributed by atoms with Gasteiger partial charge in [0.05, 0.1) is 5.37 Å². The van der Waals surface area contributed by atoms with Gasteiger partial charge in [-0.25, -0.2) is 0 Å². The van der Waals surface area contributed by atoms with Crippen molar-refractivity contribution in [3.8, 4) is 0 Å². The highest BCUT2D eigenvalue weighted by Crippen LogP contribution is 2.34. The minimum absolute atomic E-state index is 0.510. The van der Waals surface area contributed by atoms with Crippen molar-refractivity contribution in [3.05, 3.63) is 35.4 Å². The Labute approximate surface area is 90.3 Å². The molecule has 76 valence electrons. The molecule has 1 aromatic carbocycles.